The monoisotopic (exact) mass is 378 g/mol. The first kappa shape index (κ1) is 19.6. The van der Waals surface area contributed by atoms with Gasteiger partial charge in [0.1, 0.15) is 0 Å². The summed E-state index contributed by atoms with van der Waals surface area (Å²) in [5.74, 6) is 0.821. The normalized spacial score (nSPS) is 22.4. The molecule has 4 heteroatoms. The zero-order valence-corrected chi connectivity index (χ0v) is 17.3. The molecule has 0 aliphatic carbocycles. The van der Waals surface area contributed by atoms with E-state index in [9.17, 15) is 0 Å². The zero-order chi connectivity index (χ0) is 19.2. The number of aryl methyl sites for hydroxylation is 1. The predicted molar refractivity (Wildman–Crippen MR) is 115 cm³/mol. The van der Waals surface area contributed by atoms with Gasteiger partial charge in [-0.15, -0.1) is 0 Å². The second-order valence-electron chi connectivity index (χ2n) is 8.57. The maximum atomic E-state index is 4.57. The molecule has 4 nitrogen and oxygen atoms in total. The average molecular weight is 379 g/mol. The van der Waals surface area contributed by atoms with E-state index in [0.717, 1.165) is 32.1 Å². The molecule has 0 radical (unpaired) electrons. The number of likely N-dealkylation sites (tertiary alicyclic amines) is 1. The Morgan fingerprint density at radius 3 is 2.43 bits per heavy atom. The fourth-order valence-electron chi connectivity index (χ4n) is 4.68. The van der Waals surface area contributed by atoms with Crippen molar-refractivity contribution in [1.29, 1.82) is 0 Å². The Morgan fingerprint density at radius 1 is 0.857 bits per heavy atom. The molecule has 150 valence electrons. The molecule has 0 saturated carbocycles. The Hall–Kier alpha value is -1.75. The SMILES string of the molecule is Cc1cccnc1CN1CCN(CC2CCCN(Cc3ccccc3)C2)CC1. The first-order valence-corrected chi connectivity index (χ1v) is 10.9. The van der Waals surface area contributed by atoms with E-state index in [0.29, 0.717) is 0 Å². The second-order valence-corrected chi connectivity index (χ2v) is 8.57. The Balaban J connectivity index is 1.21. The van der Waals surface area contributed by atoms with Crippen LogP contribution in [-0.2, 0) is 13.1 Å². The van der Waals surface area contributed by atoms with Gasteiger partial charge in [0.15, 0.2) is 0 Å². The van der Waals surface area contributed by atoms with E-state index in [-0.39, 0.29) is 0 Å². The lowest BCUT2D eigenvalue weighted by Crippen LogP contribution is -2.49. The maximum absolute atomic E-state index is 4.57. The molecule has 0 spiro atoms. The van der Waals surface area contributed by atoms with Crippen LogP contribution in [0.1, 0.15) is 29.7 Å². The summed E-state index contributed by atoms with van der Waals surface area (Å²) in [6, 6.07) is 15.1. The van der Waals surface area contributed by atoms with Crippen molar-refractivity contribution < 1.29 is 0 Å². The number of hydrogen-bond donors (Lipinski definition) is 0. The molecule has 0 amide bonds. The van der Waals surface area contributed by atoms with Crippen LogP contribution < -0.4 is 0 Å². The summed E-state index contributed by atoms with van der Waals surface area (Å²) >= 11 is 0. The highest BCUT2D eigenvalue weighted by Gasteiger charge is 2.24. The highest BCUT2D eigenvalue weighted by Crippen LogP contribution is 2.20. The Morgan fingerprint density at radius 2 is 1.64 bits per heavy atom. The van der Waals surface area contributed by atoms with Crippen LogP contribution in [0.25, 0.3) is 0 Å². The zero-order valence-electron chi connectivity index (χ0n) is 17.3. The molecular weight excluding hydrogens is 344 g/mol. The topological polar surface area (TPSA) is 22.6 Å². The van der Waals surface area contributed by atoms with Crippen molar-refractivity contribution in [3.8, 4) is 0 Å². The maximum Gasteiger partial charge on any atom is 0.0573 e. The van der Waals surface area contributed by atoms with Gasteiger partial charge in [-0.3, -0.25) is 14.8 Å². The summed E-state index contributed by atoms with van der Waals surface area (Å²) < 4.78 is 0. The van der Waals surface area contributed by atoms with Gasteiger partial charge in [0.05, 0.1) is 5.69 Å². The number of piperidine rings is 1. The fraction of sp³-hybridized carbons (Fsp3) is 0.542. The van der Waals surface area contributed by atoms with Crippen molar-refractivity contribution >= 4 is 0 Å². The first-order chi connectivity index (χ1) is 13.8. The van der Waals surface area contributed by atoms with Crippen molar-refractivity contribution in [3.63, 3.8) is 0 Å². The minimum atomic E-state index is 0.821. The fourth-order valence-corrected chi connectivity index (χ4v) is 4.68. The van der Waals surface area contributed by atoms with E-state index >= 15 is 0 Å². The summed E-state index contributed by atoms with van der Waals surface area (Å²) in [5, 5.41) is 0. The Labute approximate surface area is 170 Å². The van der Waals surface area contributed by atoms with Crippen molar-refractivity contribution in [2.75, 3.05) is 45.8 Å². The van der Waals surface area contributed by atoms with Crippen molar-refractivity contribution in [3.05, 3.63) is 65.5 Å². The number of piperazine rings is 1. The van der Waals surface area contributed by atoms with Crippen molar-refractivity contribution in [2.45, 2.75) is 32.9 Å². The molecule has 4 rings (SSSR count). The van der Waals surface area contributed by atoms with E-state index in [1.165, 1.54) is 62.4 Å². The van der Waals surface area contributed by atoms with Gasteiger partial charge in [-0.25, -0.2) is 0 Å². The van der Waals surface area contributed by atoms with Crippen molar-refractivity contribution in [1.82, 2.24) is 19.7 Å². The Bertz CT molecular complexity index is 724. The van der Waals surface area contributed by atoms with Crippen LogP contribution in [0.4, 0.5) is 0 Å². The van der Waals surface area contributed by atoms with Gasteiger partial charge < -0.3 is 4.90 Å². The van der Waals surface area contributed by atoms with E-state index in [1.54, 1.807) is 0 Å². The van der Waals surface area contributed by atoms with Gasteiger partial charge in [-0.05, 0) is 49.4 Å². The van der Waals surface area contributed by atoms with Gasteiger partial charge in [0.2, 0.25) is 0 Å². The quantitative estimate of drug-likeness (QED) is 0.768. The van der Waals surface area contributed by atoms with Crippen LogP contribution in [0, 0.1) is 12.8 Å². The lowest BCUT2D eigenvalue weighted by atomic mass is 9.96. The smallest absolute Gasteiger partial charge is 0.0573 e. The largest absolute Gasteiger partial charge is 0.300 e. The molecule has 2 saturated heterocycles. The van der Waals surface area contributed by atoms with Gasteiger partial charge in [-0.1, -0.05) is 36.4 Å². The molecule has 28 heavy (non-hydrogen) atoms. The molecular formula is C24H34N4. The minimum absolute atomic E-state index is 0.821. The highest BCUT2D eigenvalue weighted by atomic mass is 15.3. The van der Waals surface area contributed by atoms with Crippen LogP contribution in [0.3, 0.4) is 0 Å². The summed E-state index contributed by atoms with van der Waals surface area (Å²) in [5.41, 5.74) is 3.99. The number of hydrogen-bond acceptors (Lipinski definition) is 4. The van der Waals surface area contributed by atoms with Gasteiger partial charge >= 0.3 is 0 Å². The highest BCUT2D eigenvalue weighted by molar-refractivity contribution is 5.17. The lowest BCUT2D eigenvalue weighted by Gasteiger charge is -2.39. The summed E-state index contributed by atoms with van der Waals surface area (Å²) in [7, 11) is 0. The standard InChI is InChI=1S/C24H34N4/c1-21-7-5-11-25-24(21)20-27-15-13-26(14-16-27)18-23-10-6-12-28(19-23)17-22-8-3-2-4-9-22/h2-5,7-9,11,23H,6,10,12-20H2,1H3. The molecule has 1 unspecified atom stereocenters. The molecule has 0 N–H and O–H groups in total. The summed E-state index contributed by atoms with van der Waals surface area (Å²) in [4.78, 5) is 12.5. The molecule has 2 aliphatic rings. The number of aromatic nitrogens is 1. The predicted octanol–water partition coefficient (Wildman–Crippen LogP) is 3.42. The molecule has 0 bridgehead atoms. The van der Waals surface area contributed by atoms with Crippen LogP contribution in [-0.4, -0.2) is 65.5 Å². The van der Waals surface area contributed by atoms with E-state index < -0.39 is 0 Å². The van der Waals surface area contributed by atoms with E-state index in [1.807, 2.05) is 12.3 Å². The molecule has 1 atom stereocenters. The molecule has 1 aromatic carbocycles. The lowest BCUT2D eigenvalue weighted by molar-refractivity contribution is 0.0843. The number of benzene rings is 1. The van der Waals surface area contributed by atoms with Crippen molar-refractivity contribution in [2.24, 2.45) is 5.92 Å². The molecule has 2 fully saturated rings. The third kappa shape index (κ3) is 5.40. The number of rotatable bonds is 6. The third-order valence-corrected chi connectivity index (χ3v) is 6.32. The van der Waals surface area contributed by atoms with Crippen LogP contribution in [0.15, 0.2) is 48.7 Å². The van der Waals surface area contributed by atoms with Gasteiger partial charge in [0.25, 0.3) is 0 Å². The van der Waals surface area contributed by atoms with Gasteiger partial charge in [0, 0.05) is 58.6 Å². The minimum Gasteiger partial charge on any atom is -0.300 e. The van der Waals surface area contributed by atoms with Crippen LogP contribution >= 0.6 is 0 Å². The number of pyridine rings is 1. The molecule has 2 aliphatic heterocycles. The third-order valence-electron chi connectivity index (χ3n) is 6.32. The van der Waals surface area contributed by atoms with Crippen LogP contribution in [0.5, 0.6) is 0 Å². The van der Waals surface area contributed by atoms with Crippen LogP contribution in [0.2, 0.25) is 0 Å². The Kier molecular flexibility index (Phi) is 6.73. The second kappa shape index (κ2) is 9.64. The first-order valence-electron chi connectivity index (χ1n) is 10.9. The molecule has 3 heterocycles. The molecule has 1 aromatic heterocycles. The number of nitrogens with zero attached hydrogens (tertiary/aromatic N) is 4. The summed E-state index contributed by atoms with van der Waals surface area (Å²) in [6.07, 6.45) is 4.65. The average Bonchev–Trinajstić information content (AvgIpc) is 2.72. The van der Waals surface area contributed by atoms with Gasteiger partial charge in [-0.2, -0.15) is 0 Å². The van der Waals surface area contributed by atoms with E-state index in [2.05, 4.69) is 63.0 Å². The van der Waals surface area contributed by atoms with E-state index in [4.69, 9.17) is 0 Å². The molecule has 2 aromatic rings. The summed E-state index contributed by atoms with van der Waals surface area (Å²) in [6.45, 7) is 12.8.